The fourth-order valence-electron chi connectivity index (χ4n) is 3.30. The fourth-order valence-corrected chi connectivity index (χ4v) is 4.10. The second-order valence-corrected chi connectivity index (χ2v) is 7.89. The van der Waals surface area contributed by atoms with Gasteiger partial charge in [0, 0.05) is 13.1 Å². The van der Waals surface area contributed by atoms with Gasteiger partial charge in [-0.3, -0.25) is 4.79 Å². The molecule has 1 aliphatic heterocycles. The van der Waals surface area contributed by atoms with Gasteiger partial charge in [-0.25, -0.2) is 0 Å². The van der Waals surface area contributed by atoms with E-state index in [-0.39, 0.29) is 17.4 Å². The zero-order valence-corrected chi connectivity index (χ0v) is 16.2. The molecule has 0 radical (unpaired) electrons. The third-order valence-electron chi connectivity index (χ3n) is 4.30. The van der Waals surface area contributed by atoms with E-state index in [1.807, 2.05) is 4.90 Å². The van der Waals surface area contributed by atoms with Crippen molar-refractivity contribution < 1.29 is 22.7 Å². The molecule has 0 bridgehead atoms. The number of nitrogens with zero attached hydrogens (tertiary/aromatic N) is 5. The summed E-state index contributed by atoms with van der Waals surface area (Å²) in [4.78, 5) is 14.4. The minimum Gasteiger partial charge on any atom is -0.406 e. The van der Waals surface area contributed by atoms with Crippen molar-refractivity contribution in [1.82, 2.24) is 25.1 Å². The number of hydrogen-bond acceptors (Lipinski definition) is 6. The van der Waals surface area contributed by atoms with E-state index < -0.39 is 6.36 Å². The summed E-state index contributed by atoms with van der Waals surface area (Å²) >= 11 is 1.19. The lowest BCUT2D eigenvalue weighted by Crippen LogP contribution is -2.43. The SMILES string of the molecule is CC1CC(C)CN(C(=O)CSc2nnnn2-c2ccc(OC(F)(F)F)cc2)C1. The van der Waals surface area contributed by atoms with Crippen LogP contribution in [0.2, 0.25) is 0 Å². The molecule has 2 atom stereocenters. The van der Waals surface area contributed by atoms with Crippen LogP contribution in [0.4, 0.5) is 13.2 Å². The molecule has 1 saturated heterocycles. The molecule has 11 heteroatoms. The van der Waals surface area contributed by atoms with Gasteiger partial charge in [-0.05, 0) is 52.9 Å². The standard InChI is InChI=1S/C17H20F3N5O2S/c1-11-7-12(2)9-24(8-11)15(26)10-28-16-21-22-23-25(16)13-3-5-14(6-4-13)27-17(18,19)20/h3-6,11-12H,7-10H2,1-2H3. The molecule has 1 aliphatic rings. The molecule has 2 aromatic rings. The summed E-state index contributed by atoms with van der Waals surface area (Å²) in [6.07, 6.45) is -3.63. The van der Waals surface area contributed by atoms with E-state index in [1.165, 1.54) is 40.7 Å². The summed E-state index contributed by atoms with van der Waals surface area (Å²) in [6, 6.07) is 5.19. The minimum atomic E-state index is -4.75. The zero-order valence-electron chi connectivity index (χ0n) is 15.4. The van der Waals surface area contributed by atoms with Crippen LogP contribution >= 0.6 is 11.8 Å². The van der Waals surface area contributed by atoms with Gasteiger partial charge in [0.25, 0.3) is 0 Å². The normalized spacial score (nSPS) is 20.2. The van der Waals surface area contributed by atoms with Gasteiger partial charge < -0.3 is 9.64 Å². The van der Waals surface area contributed by atoms with Crippen molar-refractivity contribution in [2.45, 2.75) is 31.8 Å². The van der Waals surface area contributed by atoms with E-state index in [1.54, 1.807) is 0 Å². The number of amides is 1. The first-order valence-corrected chi connectivity index (χ1v) is 9.75. The Bertz CT molecular complexity index is 802. The Hall–Kier alpha value is -2.30. The molecule has 1 aromatic carbocycles. The Morgan fingerprint density at radius 2 is 1.86 bits per heavy atom. The quantitative estimate of drug-likeness (QED) is 0.699. The number of piperidine rings is 1. The third kappa shape index (κ3) is 5.37. The highest BCUT2D eigenvalue weighted by molar-refractivity contribution is 7.99. The Morgan fingerprint density at radius 1 is 1.21 bits per heavy atom. The maximum atomic E-state index is 12.5. The van der Waals surface area contributed by atoms with E-state index >= 15 is 0 Å². The first-order chi connectivity index (χ1) is 13.2. The van der Waals surface area contributed by atoms with Gasteiger partial charge in [0.1, 0.15) is 5.75 Å². The van der Waals surface area contributed by atoms with Crippen LogP contribution in [0.15, 0.2) is 29.4 Å². The first-order valence-electron chi connectivity index (χ1n) is 8.76. The highest BCUT2D eigenvalue weighted by atomic mass is 32.2. The molecule has 28 heavy (non-hydrogen) atoms. The number of rotatable bonds is 5. The molecule has 2 unspecified atom stereocenters. The molecular weight excluding hydrogens is 395 g/mol. The van der Waals surface area contributed by atoms with Crippen LogP contribution in [-0.4, -0.2) is 56.2 Å². The van der Waals surface area contributed by atoms with Gasteiger partial charge in [-0.2, -0.15) is 4.68 Å². The molecule has 1 aromatic heterocycles. The predicted molar refractivity (Wildman–Crippen MR) is 96.1 cm³/mol. The van der Waals surface area contributed by atoms with Crippen LogP contribution < -0.4 is 4.74 Å². The van der Waals surface area contributed by atoms with Crippen LogP contribution in [0.1, 0.15) is 20.3 Å². The predicted octanol–water partition coefficient (Wildman–Crippen LogP) is 3.16. The number of benzene rings is 1. The summed E-state index contributed by atoms with van der Waals surface area (Å²) < 4.78 is 42.0. The Kier molecular flexibility index (Phi) is 6.11. The smallest absolute Gasteiger partial charge is 0.406 e. The van der Waals surface area contributed by atoms with Gasteiger partial charge in [0.15, 0.2) is 0 Å². The summed E-state index contributed by atoms with van der Waals surface area (Å²) in [5, 5.41) is 11.7. The molecule has 3 rings (SSSR count). The van der Waals surface area contributed by atoms with E-state index in [0.29, 0.717) is 22.7 Å². The molecule has 0 saturated carbocycles. The van der Waals surface area contributed by atoms with Crippen LogP contribution in [-0.2, 0) is 4.79 Å². The van der Waals surface area contributed by atoms with Gasteiger partial charge in [-0.1, -0.05) is 25.6 Å². The van der Waals surface area contributed by atoms with E-state index in [0.717, 1.165) is 19.5 Å². The van der Waals surface area contributed by atoms with E-state index in [4.69, 9.17) is 0 Å². The first kappa shape index (κ1) is 20.4. The summed E-state index contributed by atoms with van der Waals surface area (Å²) in [5.41, 5.74) is 0.467. The minimum absolute atomic E-state index is 0.0203. The number of ether oxygens (including phenoxy) is 1. The molecule has 0 spiro atoms. The summed E-state index contributed by atoms with van der Waals surface area (Å²) in [6.45, 7) is 5.76. The molecule has 1 fully saturated rings. The third-order valence-corrected chi connectivity index (χ3v) is 5.21. The molecule has 0 N–H and O–H groups in total. The molecule has 1 amide bonds. The second-order valence-electron chi connectivity index (χ2n) is 6.95. The van der Waals surface area contributed by atoms with Gasteiger partial charge in [0.05, 0.1) is 11.4 Å². The van der Waals surface area contributed by atoms with Crippen molar-refractivity contribution in [1.29, 1.82) is 0 Å². The monoisotopic (exact) mass is 415 g/mol. The van der Waals surface area contributed by atoms with Crippen molar-refractivity contribution in [2.24, 2.45) is 11.8 Å². The fraction of sp³-hybridized carbons (Fsp3) is 0.529. The summed E-state index contributed by atoms with van der Waals surface area (Å²) in [5.74, 6) is 0.824. The average Bonchev–Trinajstić information content (AvgIpc) is 3.06. The van der Waals surface area contributed by atoms with E-state index in [9.17, 15) is 18.0 Å². The lowest BCUT2D eigenvalue weighted by molar-refractivity contribution is -0.274. The Labute approximate surface area is 164 Å². The van der Waals surface area contributed by atoms with Crippen LogP contribution in [0, 0.1) is 11.8 Å². The van der Waals surface area contributed by atoms with Gasteiger partial charge >= 0.3 is 6.36 Å². The molecular formula is C17H20F3N5O2S. The maximum Gasteiger partial charge on any atom is 0.573 e. The largest absolute Gasteiger partial charge is 0.573 e. The number of carbonyl (C=O) groups is 1. The molecule has 7 nitrogen and oxygen atoms in total. The lowest BCUT2D eigenvalue weighted by Gasteiger charge is -2.34. The summed E-state index contributed by atoms with van der Waals surface area (Å²) in [7, 11) is 0. The highest BCUT2D eigenvalue weighted by Gasteiger charge is 2.31. The second kappa shape index (κ2) is 8.38. The van der Waals surface area contributed by atoms with Crippen LogP contribution in [0.3, 0.4) is 0 Å². The number of likely N-dealkylation sites (tertiary alicyclic amines) is 1. The Morgan fingerprint density at radius 3 is 2.46 bits per heavy atom. The number of tetrazole rings is 1. The zero-order chi connectivity index (χ0) is 20.3. The number of aromatic nitrogens is 4. The number of hydrogen-bond donors (Lipinski definition) is 0. The molecule has 152 valence electrons. The van der Waals surface area contributed by atoms with Gasteiger partial charge in [-0.15, -0.1) is 18.3 Å². The average molecular weight is 415 g/mol. The van der Waals surface area contributed by atoms with Crippen molar-refractivity contribution in [3.05, 3.63) is 24.3 Å². The number of thioether (sulfide) groups is 1. The number of halogens is 3. The van der Waals surface area contributed by atoms with Crippen LogP contribution in [0.5, 0.6) is 5.75 Å². The number of carbonyl (C=O) groups excluding carboxylic acids is 1. The highest BCUT2D eigenvalue weighted by Crippen LogP contribution is 2.26. The topological polar surface area (TPSA) is 73.1 Å². The molecule has 0 aliphatic carbocycles. The van der Waals surface area contributed by atoms with Crippen molar-refractivity contribution in [3.8, 4) is 11.4 Å². The number of alkyl halides is 3. The van der Waals surface area contributed by atoms with E-state index in [2.05, 4.69) is 34.1 Å². The lowest BCUT2D eigenvalue weighted by atomic mass is 9.92. The van der Waals surface area contributed by atoms with Crippen LogP contribution in [0.25, 0.3) is 5.69 Å². The maximum absolute atomic E-state index is 12.5. The van der Waals surface area contributed by atoms with Crippen molar-refractivity contribution in [3.63, 3.8) is 0 Å². The van der Waals surface area contributed by atoms with Crippen molar-refractivity contribution in [2.75, 3.05) is 18.8 Å². The van der Waals surface area contributed by atoms with Crippen molar-refractivity contribution >= 4 is 17.7 Å². The Balaban J connectivity index is 1.63. The molecule has 2 heterocycles. The van der Waals surface area contributed by atoms with Gasteiger partial charge in [0.2, 0.25) is 11.1 Å².